The lowest BCUT2D eigenvalue weighted by Crippen LogP contribution is -2.27. The Morgan fingerprint density at radius 3 is 2.53 bits per heavy atom. The topological polar surface area (TPSA) is 37.3 Å². The van der Waals surface area contributed by atoms with E-state index >= 15 is 0 Å². The summed E-state index contributed by atoms with van der Waals surface area (Å²) in [6.45, 7) is 0. The summed E-state index contributed by atoms with van der Waals surface area (Å²) < 4.78 is 0. The Morgan fingerprint density at radius 1 is 1.00 bits per heavy atom. The number of carboxylic acids is 1. The van der Waals surface area contributed by atoms with E-state index in [4.69, 9.17) is 5.11 Å². The number of carbonyl (C=O) groups is 1. The van der Waals surface area contributed by atoms with Crippen molar-refractivity contribution in [2.45, 2.75) is 70.6 Å². The lowest BCUT2D eigenvalue weighted by atomic mass is 9.67. The van der Waals surface area contributed by atoms with E-state index in [-0.39, 0.29) is 0 Å². The van der Waals surface area contributed by atoms with Crippen molar-refractivity contribution in [2.75, 3.05) is 0 Å². The van der Waals surface area contributed by atoms with Crippen molar-refractivity contribution in [1.29, 1.82) is 0 Å². The predicted molar refractivity (Wildman–Crippen MR) is 68.9 cm³/mol. The quantitative estimate of drug-likeness (QED) is 0.727. The van der Waals surface area contributed by atoms with Gasteiger partial charge < -0.3 is 5.11 Å². The third-order valence-electron chi connectivity index (χ3n) is 4.90. The molecule has 0 radical (unpaired) electrons. The van der Waals surface area contributed by atoms with Crippen molar-refractivity contribution in [3.8, 4) is 0 Å². The molecule has 98 valence electrons. The lowest BCUT2D eigenvalue weighted by molar-refractivity contribution is -0.137. The van der Waals surface area contributed by atoms with Gasteiger partial charge >= 0.3 is 5.97 Å². The molecular weight excluding hydrogens is 212 g/mol. The number of fused-ring (bicyclic) bond motifs is 1. The standard InChI is InChI=1S/C15H26O2/c16-15(17)8-4-1-5-12-9-10-13-6-2-3-7-14(13)11-12/h12-14H,1-11H2,(H,16,17). The molecule has 2 rings (SSSR count). The monoisotopic (exact) mass is 238 g/mol. The van der Waals surface area contributed by atoms with Crippen molar-refractivity contribution in [3.63, 3.8) is 0 Å². The summed E-state index contributed by atoms with van der Waals surface area (Å²) in [6, 6.07) is 0. The number of unbranched alkanes of at least 4 members (excludes halogenated alkanes) is 1. The van der Waals surface area contributed by atoms with Gasteiger partial charge in [0.2, 0.25) is 0 Å². The van der Waals surface area contributed by atoms with Crippen LogP contribution in [-0.2, 0) is 4.79 Å². The first-order chi connectivity index (χ1) is 8.25. The maximum atomic E-state index is 10.4. The molecule has 0 spiro atoms. The summed E-state index contributed by atoms with van der Waals surface area (Å²) in [5, 5.41) is 8.60. The zero-order chi connectivity index (χ0) is 12.1. The fraction of sp³-hybridized carbons (Fsp3) is 0.933. The van der Waals surface area contributed by atoms with Crippen LogP contribution in [0.3, 0.4) is 0 Å². The highest BCUT2D eigenvalue weighted by Crippen LogP contribution is 2.43. The van der Waals surface area contributed by atoms with Gasteiger partial charge in [0.25, 0.3) is 0 Å². The van der Waals surface area contributed by atoms with E-state index in [0.29, 0.717) is 6.42 Å². The summed E-state index contributed by atoms with van der Waals surface area (Å²) in [5.74, 6) is 2.32. The molecule has 2 saturated carbocycles. The second kappa shape index (κ2) is 6.42. The Balaban J connectivity index is 1.64. The van der Waals surface area contributed by atoms with Gasteiger partial charge in [-0.2, -0.15) is 0 Å². The highest BCUT2D eigenvalue weighted by Gasteiger charge is 2.31. The Labute approximate surface area is 105 Å². The third-order valence-corrected chi connectivity index (χ3v) is 4.90. The van der Waals surface area contributed by atoms with Crippen molar-refractivity contribution in [3.05, 3.63) is 0 Å². The Morgan fingerprint density at radius 2 is 1.76 bits per heavy atom. The second-order valence-corrected chi connectivity index (χ2v) is 6.12. The number of hydrogen-bond acceptors (Lipinski definition) is 1. The van der Waals surface area contributed by atoms with Crippen LogP contribution in [0.25, 0.3) is 0 Å². The van der Waals surface area contributed by atoms with Crippen LogP contribution in [0.15, 0.2) is 0 Å². The van der Waals surface area contributed by atoms with Gasteiger partial charge in [-0.15, -0.1) is 0 Å². The average Bonchev–Trinajstić information content (AvgIpc) is 2.34. The van der Waals surface area contributed by atoms with Crippen molar-refractivity contribution in [1.82, 2.24) is 0 Å². The SMILES string of the molecule is O=C(O)CCCCC1CCC2CCCCC2C1. The Bertz CT molecular complexity index is 249. The highest BCUT2D eigenvalue weighted by molar-refractivity contribution is 5.66. The van der Waals surface area contributed by atoms with Gasteiger partial charge in [0.05, 0.1) is 0 Å². The van der Waals surface area contributed by atoms with E-state index in [2.05, 4.69) is 0 Å². The number of carboxylic acid groups (broad SMARTS) is 1. The smallest absolute Gasteiger partial charge is 0.303 e. The van der Waals surface area contributed by atoms with E-state index in [1.54, 1.807) is 0 Å². The van der Waals surface area contributed by atoms with Gasteiger partial charge in [0, 0.05) is 6.42 Å². The van der Waals surface area contributed by atoms with Crippen LogP contribution in [0.1, 0.15) is 70.6 Å². The molecule has 0 aromatic carbocycles. The van der Waals surface area contributed by atoms with Crippen LogP contribution in [-0.4, -0.2) is 11.1 Å². The first kappa shape index (κ1) is 12.9. The average molecular weight is 238 g/mol. The van der Waals surface area contributed by atoms with Crippen LogP contribution in [0, 0.1) is 17.8 Å². The zero-order valence-corrected chi connectivity index (χ0v) is 10.9. The summed E-state index contributed by atoms with van der Waals surface area (Å²) in [4.78, 5) is 10.4. The van der Waals surface area contributed by atoms with Gasteiger partial charge in [-0.3, -0.25) is 4.79 Å². The van der Waals surface area contributed by atoms with E-state index in [9.17, 15) is 4.79 Å². The molecule has 2 aliphatic carbocycles. The number of aliphatic carboxylic acids is 1. The summed E-state index contributed by atoms with van der Waals surface area (Å²) in [7, 11) is 0. The molecule has 17 heavy (non-hydrogen) atoms. The van der Waals surface area contributed by atoms with Gasteiger partial charge in [-0.25, -0.2) is 0 Å². The summed E-state index contributed by atoms with van der Waals surface area (Å²) in [5.41, 5.74) is 0. The van der Waals surface area contributed by atoms with Crippen molar-refractivity contribution < 1.29 is 9.90 Å². The molecule has 0 aromatic rings. The maximum Gasteiger partial charge on any atom is 0.303 e. The van der Waals surface area contributed by atoms with E-state index in [0.717, 1.165) is 30.6 Å². The minimum absolute atomic E-state index is 0.360. The highest BCUT2D eigenvalue weighted by atomic mass is 16.4. The predicted octanol–water partition coefficient (Wildman–Crippen LogP) is 4.24. The van der Waals surface area contributed by atoms with E-state index < -0.39 is 5.97 Å². The Hall–Kier alpha value is -0.530. The molecule has 2 fully saturated rings. The Kier molecular flexibility index (Phi) is 4.87. The van der Waals surface area contributed by atoms with E-state index in [1.807, 2.05) is 0 Å². The maximum absolute atomic E-state index is 10.4. The van der Waals surface area contributed by atoms with Gasteiger partial charge in [-0.1, -0.05) is 44.9 Å². The normalized spacial score (nSPS) is 33.1. The molecule has 0 amide bonds. The summed E-state index contributed by atoms with van der Waals surface area (Å²) in [6.07, 6.45) is 13.8. The van der Waals surface area contributed by atoms with Crippen LogP contribution < -0.4 is 0 Å². The number of rotatable bonds is 5. The van der Waals surface area contributed by atoms with Crippen molar-refractivity contribution in [2.24, 2.45) is 17.8 Å². The van der Waals surface area contributed by atoms with Gasteiger partial charge in [-0.05, 0) is 37.0 Å². The van der Waals surface area contributed by atoms with Crippen LogP contribution in [0.4, 0.5) is 0 Å². The fourth-order valence-corrected chi connectivity index (χ4v) is 3.94. The zero-order valence-electron chi connectivity index (χ0n) is 10.9. The van der Waals surface area contributed by atoms with Crippen LogP contribution in [0.5, 0.6) is 0 Å². The lowest BCUT2D eigenvalue weighted by Gasteiger charge is -2.39. The first-order valence-corrected chi connectivity index (χ1v) is 7.47. The van der Waals surface area contributed by atoms with Crippen LogP contribution >= 0.6 is 0 Å². The molecule has 0 heterocycles. The molecule has 3 unspecified atom stereocenters. The molecule has 3 atom stereocenters. The molecule has 2 aliphatic rings. The minimum atomic E-state index is -0.638. The molecule has 2 heteroatoms. The van der Waals surface area contributed by atoms with Crippen LogP contribution in [0.2, 0.25) is 0 Å². The molecular formula is C15H26O2. The number of hydrogen-bond donors (Lipinski definition) is 1. The summed E-state index contributed by atoms with van der Waals surface area (Å²) >= 11 is 0. The molecule has 0 aliphatic heterocycles. The van der Waals surface area contributed by atoms with Gasteiger partial charge in [0.1, 0.15) is 0 Å². The molecule has 0 saturated heterocycles. The molecule has 0 aromatic heterocycles. The molecule has 0 bridgehead atoms. The third kappa shape index (κ3) is 4.01. The van der Waals surface area contributed by atoms with Gasteiger partial charge in [0.15, 0.2) is 0 Å². The molecule has 1 N–H and O–H groups in total. The first-order valence-electron chi connectivity index (χ1n) is 7.47. The van der Waals surface area contributed by atoms with E-state index in [1.165, 1.54) is 51.4 Å². The second-order valence-electron chi connectivity index (χ2n) is 6.12. The largest absolute Gasteiger partial charge is 0.481 e. The minimum Gasteiger partial charge on any atom is -0.481 e. The molecule has 2 nitrogen and oxygen atoms in total. The fourth-order valence-electron chi connectivity index (χ4n) is 3.94. The van der Waals surface area contributed by atoms with Crippen molar-refractivity contribution >= 4 is 5.97 Å².